The fourth-order valence-corrected chi connectivity index (χ4v) is 4.59. The van der Waals surface area contributed by atoms with Crippen LogP contribution in [0.1, 0.15) is 32.1 Å². The van der Waals surface area contributed by atoms with Gasteiger partial charge in [-0.25, -0.2) is 12.7 Å². The largest absolute Gasteiger partial charge is 0.437 e. The summed E-state index contributed by atoms with van der Waals surface area (Å²) in [5.74, 6) is -5.68. The van der Waals surface area contributed by atoms with Gasteiger partial charge < -0.3 is 0 Å². The fourth-order valence-electron chi connectivity index (χ4n) is 3.22. The molecule has 0 aromatic rings. The van der Waals surface area contributed by atoms with Crippen LogP contribution in [0.4, 0.5) is 26.3 Å². The number of fused-ring (bicyclic) bond motifs is 1. The molecule has 0 N–H and O–H groups in total. The number of rotatable bonds is 5. The maximum Gasteiger partial charge on any atom is 0.437 e. The van der Waals surface area contributed by atoms with Gasteiger partial charge in [0.1, 0.15) is 0 Å². The highest BCUT2D eigenvalue weighted by Gasteiger charge is 2.76. The minimum absolute atomic E-state index is 0.0208. The Hall–Kier alpha value is -0.0000000000000000555. The van der Waals surface area contributed by atoms with Gasteiger partial charge in [-0.1, -0.05) is 19.3 Å². The summed E-state index contributed by atoms with van der Waals surface area (Å²) in [5.41, 5.74) is 0. The van der Waals surface area contributed by atoms with Crippen molar-refractivity contribution in [2.45, 2.75) is 49.4 Å². The molecular formula is C12H17F6NO2S2. The molecule has 136 valence electrons. The van der Waals surface area contributed by atoms with Gasteiger partial charge in [0.15, 0.2) is 11.0 Å². The van der Waals surface area contributed by atoms with Crippen molar-refractivity contribution in [2.24, 2.45) is 11.8 Å². The second kappa shape index (κ2) is 6.72. The molecule has 0 aromatic heterocycles. The first kappa shape index (κ1) is 19.3. The standard InChI is InChI=1S/C12H17F6NO2S2/c13-10(14,11(15,16)21-22)12(17,18)23(20)19-6-5-8-3-1-2-4-9(8)7-19/h8-9,22H,1-7H2. The lowest BCUT2D eigenvalue weighted by atomic mass is 9.76. The minimum Gasteiger partial charge on any atom is -0.247 e. The van der Waals surface area contributed by atoms with E-state index in [1.807, 2.05) is 0 Å². The van der Waals surface area contributed by atoms with Crippen LogP contribution in [-0.4, -0.2) is 38.9 Å². The molecule has 1 aliphatic carbocycles. The number of piperidine rings is 1. The summed E-state index contributed by atoms with van der Waals surface area (Å²) in [7, 11) is -3.59. The smallest absolute Gasteiger partial charge is 0.247 e. The molecule has 1 saturated carbocycles. The molecule has 2 rings (SSSR count). The summed E-state index contributed by atoms with van der Waals surface area (Å²) in [6, 6.07) is 0. The highest BCUT2D eigenvalue weighted by molar-refractivity contribution is 7.83. The number of halogens is 6. The molecule has 3 atom stereocenters. The van der Waals surface area contributed by atoms with Crippen LogP contribution in [0.5, 0.6) is 0 Å². The van der Waals surface area contributed by atoms with Gasteiger partial charge in [0, 0.05) is 13.1 Å². The highest BCUT2D eigenvalue weighted by atomic mass is 32.2. The van der Waals surface area contributed by atoms with Gasteiger partial charge >= 0.3 is 17.3 Å². The zero-order valence-corrected chi connectivity index (χ0v) is 13.7. The second-order valence-electron chi connectivity index (χ2n) is 5.93. The van der Waals surface area contributed by atoms with Gasteiger partial charge in [0.25, 0.3) is 0 Å². The van der Waals surface area contributed by atoms with E-state index in [9.17, 15) is 30.6 Å². The number of nitrogens with zero attached hydrogens (tertiary/aromatic N) is 1. The molecule has 0 spiro atoms. The lowest BCUT2D eigenvalue weighted by Crippen LogP contribution is -2.60. The predicted molar refractivity (Wildman–Crippen MR) is 74.7 cm³/mol. The second-order valence-corrected chi connectivity index (χ2v) is 7.64. The van der Waals surface area contributed by atoms with Crippen molar-refractivity contribution in [1.29, 1.82) is 0 Å². The molecule has 23 heavy (non-hydrogen) atoms. The van der Waals surface area contributed by atoms with Crippen LogP contribution < -0.4 is 0 Å². The van der Waals surface area contributed by atoms with Crippen LogP contribution in [0.2, 0.25) is 0 Å². The normalized spacial score (nSPS) is 29.2. The van der Waals surface area contributed by atoms with Crippen molar-refractivity contribution >= 4 is 23.9 Å². The molecule has 1 saturated heterocycles. The molecule has 0 aromatic carbocycles. The molecule has 2 aliphatic rings. The molecule has 2 fully saturated rings. The Bertz CT molecular complexity index is 465. The fraction of sp³-hybridized carbons (Fsp3) is 1.00. The Morgan fingerprint density at radius 3 is 2.13 bits per heavy atom. The molecule has 1 heterocycles. The van der Waals surface area contributed by atoms with Gasteiger partial charge in [-0.15, -0.1) is 0 Å². The molecule has 0 radical (unpaired) electrons. The van der Waals surface area contributed by atoms with Gasteiger partial charge in [-0.2, -0.15) is 26.3 Å². The van der Waals surface area contributed by atoms with E-state index in [0.717, 1.165) is 25.7 Å². The number of thiol groups is 1. The van der Waals surface area contributed by atoms with Crippen LogP contribution in [0, 0.1) is 11.8 Å². The third-order valence-electron chi connectivity index (χ3n) is 4.55. The van der Waals surface area contributed by atoms with E-state index in [4.69, 9.17) is 0 Å². The maximum atomic E-state index is 13.8. The topological polar surface area (TPSA) is 29.5 Å². The molecule has 11 heteroatoms. The van der Waals surface area contributed by atoms with Crippen LogP contribution in [0.15, 0.2) is 0 Å². The summed E-state index contributed by atoms with van der Waals surface area (Å²) in [5, 5.41) is -5.47. The summed E-state index contributed by atoms with van der Waals surface area (Å²) >= 11 is 2.51. The van der Waals surface area contributed by atoms with Crippen LogP contribution in [-0.2, 0) is 15.2 Å². The van der Waals surface area contributed by atoms with Crippen molar-refractivity contribution in [3.05, 3.63) is 0 Å². The maximum absolute atomic E-state index is 13.8. The highest BCUT2D eigenvalue weighted by Crippen LogP contribution is 2.49. The number of alkyl halides is 6. The summed E-state index contributed by atoms with van der Waals surface area (Å²) in [4.78, 5) is 0. The van der Waals surface area contributed by atoms with Gasteiger partial charge in [-0.3, -0.25) is 0 Å². The summed E-state index contributed by atoms with van der Waals surface area (Å²) in [6.45, 7) is -0.150. The molecule has 1 aliphatic heterocycles. The Morgan fingerprint density at radius 1 is 1.00 bits per heavy atom. The van der Waals surface area contributed by atoms with Crippen molar-refractivity contribution < 1.29 is 34.7 Å². The van der Waals surface area contributed by atoms with Gasteiger partial charge in [0.2, 0.25) is 0 Å². The van der Waals surface area contributed by atoms with E-state index in [-0.39, 0.29) is 24.9 Å². The number of hydrogen-bond donors (Lipinski definition) is 1. The quantitative estimate of drug-likeness (QED) is 0.443. The van der Waals surface area contributed by atoms with Crippen LogP contribution in [0.3, 0.4) is 0 Å². The lowest BCUT2D eigenvalue weighted by Gasteiger charge is -2.42. The minimum atomic E-state index is -5.95. The monoisotopic (exact) mass is 385 g/mol. The molecule has 3 unspecified atom stereocenters. The Balaban J connectivity index is 2.15. The van der Waals surface area contributed by atoms with E-state index >= 15 is 0 Å². The molecule has 0 amide bonds. The van der Waals surface area contributed by atoms with E-state index in [1.165, 1.54) is 0 Å². The van der Waals surface area contributed by atoms with Crippen molar-refractivity contribution in [3.63, 3.8) is 0 Å². The third-order valence-corrected chi connectivity index (χ3v) is 6.28. The van der Waals surface area contributed by atoms with Crippen LogP contribution in [0.25, 0.3) is 0 Å². The number of hydrogen-bond acceptors (Lipinski definition) is 3. The van der Waals surface area contributed by atoms with Crippen molar-refractivity contribution in [3.8, 4) is 0 Å². The van der Waals surface area contributed by atoms with E-state index in [0.29, 0.717) is 10.7 Å². The van der Waals surface area contributed by atoms with Crippen molar-refractivity contribution in [1.82, 2.24) is 4.31 Å². The van der Waals surface area contributed by atoms with Crippen LogP contribution >= 0.6 is 12.9 Å². The van der Waals surface area contributed by atoms with E-state index in [2.05, 4.69) is 17.1 Å². The average Bonchev–Trinajstić information content (AvgIpc) is 2.53. The first-order chi connectivity index (χ1) is 10.5. The third kappa shape index (κ3) is 3.38. The van der Waals surface area contributed by atoms with E-state index in [1.54, 1.807) is 0 Å². The first-order valence-corrected chi connectivity index (χ1v) is 8.64. The first-order valence-electron chi connectivity index (χ1n) is 7.17. The zero-order valence-electron chi connectivity index (χ0n) is 12.0. The van der Waals surface area contributed by atoms with Gasteiger partial charge in [0.05, 0.1) is 0 Å². The predicted octanol–water partition coefficient (Wildman–Crippen LogP) is 3.84. The zero-order chi connectivity index (χ0) is 17.5. The molecule has 3 nitrogen and oxygen atoms in total. The van der Waals surface area contributed by atoms with E-state index < -0.39 is 28.3 Å². The Labute approximate surface area is 137 Å². The Morgan fingerprint density at radius 2 is 1.57 bits per heavy atom. The lowest BCUT2D eigenvalue weighted by molar-refractivity contribution is -0.347. The summed E-state index contributed by atoms with van der Waals surface area (Å²) in [6.07, 6.45) is -1.54. The average molecular weight is 385 g/mol. The van der Waals surface area contributed by atoms with Gasteiger partial charge in [-0.05, 0) is 37.6 Å². The molecule has 0 bridgehead atoms. The molecular weight excluding hydrogens is 368 g/mol. The summed E-state index contributed by atoms with van der Waals surface area (Å²) < 4.78 is 95.8. The SMILES string of the molecule is O=S(N1CCC2CCCCC2C1)C(F)(F)C(F)(F)C(F)(F)OS. The Kier molecular flexibility index (Phi) is 5.65. The van der Waals surface area contributed by atoms with Crippen molar-refractivity contribution in [2.75, 3.05) is 13.1 Å².